The summed E-state index contributed by atoms with van der Waals surface area (Å²) in [5, 5.41) is 3.10. The lowest BCUT2D eigenvalue weighted by Crippen LogP contribution is -2.35. The molecule has 0 aliphatic heterocycles. The van der Waals surface area contributed by atoms with Gasteiger partial charge in [0.15, 0.2) is 0 Å². The summed E-state index contributed by atoms with van der Waals surface area (Å²) in [4.78, 5) is 20.7. The smallest absolute Gasteiger partial charge is 0.243 e. The molecule has 0 bridgehead atoms. The van der Waals surface area contributed by atoms with Gasteiger partial charge in [0.2, 0.25) is 5.91 Å². The highest BCUT2D eigenvalue weighted by Crippen LogP contribution is 2.21. The van der Waals surface area contributed by atoms with Gasteiger partial charge in [-0.1, -0.05) is 26.0 Å². The number of amides is 1. The number of aromatic amines is 1. The minimum Gasteiger partial charge on any atom is -0.345 e. The Labute approximate surface area is 142 Å². The number of H-pyrrole nitrogens is 1. The number of nitrogens with zero attached hydrogens (tertiary/aromatic N) is 2. The lowest BCUT2D eigenvalue weighted by molar-refractivity contribution is -0.125. The topological polar surface area (TPSA) is 62.7 Å². The van der Waals surface area contributed by atoms with Crippen molar-refractivity contribution in [3.8, 4) is 0 Å². The number of imidazole rings is 1. The van der Waals surface area contributed by atoms with Gasteiger partial charge in [0.05, 0.1) is 17.1 Å². The first-order valence-corrected chi connectivity index (χ1v) is 8.42. The van der Waals surface area contributed by atoms with Crippen molar-refractivity contribution in [2.75, 3.05) is 0 Å². The number of benzene rings is 1. The van der Waals surface area contributed by atoms with E-state index in [1.807, 2.05) is 60.3 Å². The van der Waals surface area contributed by atoms with Crippen LogP contribution in [-0.4, -0.2) is 20.4 Å². The summed E-state index contributed by atoms with van der Waals surface area (Å²) in [5.74, 6) is 1.23. The molecule has 0 aliphatic carbocycles. The molecule has 1 aromatic carbocycles. The summed E-state index contributed by atoms with van der Waals surface area (Å²) < 4.78 is 1.97. The fourth-order valence-corrected chi connectivity index (χ4v) is 2.92. The van der Waals surface area contributed by atoms with Crippen LogP contribution in [0.4, 0.5) is 0 Å². The van der Waals surface area contributed by atoms with Crippen LogP contribution in [0.15, 0.2) is 48.8 Å². The van der Waals surface area contributed by atoms with Crippen molar-refractivity contribution in [3.05, 3.63) is 54.6 Å². The number of hydrogen-bond donors (Lipinski definition) is 2. The number of fused-ring (bicyclic) bond motifs is 1. The van der Waals surface area contributed by atoms with Crippen molar-refractivity contribution < 1.29 is 4.79 Å². The van der Waals surface area contributed by atoms with Gasteiger partial charge < -0.3 is 14.9 Å². The Bertz CT molecular complexity index is 771. The molecule has 24 heavy (non-hydrogen) atoms. The normalized spacial score (nSPS) is 14.0. The minimum atomic E-state index is -0.202. The number of carbonyl (C=O) groups excluding carboxylic acids is 1. The van der Waals surface area contributed by atoms with Crippen molar-refractivity contribution in [2.45, 2.75) is 39.3 Å². The Balaban J connectivity index is 1.76. The van der Waals surface area contributed by atoms with Gasteiger partial charge in [0, 0.05) is 12.4 Å². The van der Waals surface area contributed by atoms with E-state index in [1.54, 1.807) is 0 Å². The van der Waals surface area contributed by atoms with Crippen molar-refractivity contribution >= 4 is 16.9 Å². The van der Waals surface area contributed by atoms with Crippen molar-refractivity contribution in [1.29, 1.82) is 0 Å². The maximum Gasteiger partial charge on any atom is 0.243 e. The summed E-state index contributed by atoms with van der Waals surface area (Å²) in [5.41, 5.74) is 1.90. The van der Waals surface area contributed by atoms with E-state index in [9.17, 15) is 4.79 Å². The quantitative estimate of drug-likeness (QED) is 0.724. The molecule has 3 rings (SSSR count). The molecule has 0 saturated heterocycles. The second-order valence-corrected chi connectivity index (χ2v) is 6.65. The monoisotopic (exact) mass is 324 g/mol. The molecule has 0 radical (unpaired) electrons. The molecule has 2 aromatic heterocycles. The molecular formula is C19H24N4O. The Kier molecular flexibility index (Phi) is 4.69. The fourth-order valence-electron chi connectivity index (χ4n) is 2.92. The highest BCUT2D eigenvalue weighted by atomic mass is 16.2. The first-order valence-electron chi connectivity index (χ1n) is 8.42. The molecule has 126 valence electrons. The molecule has 0 fully saturated rings. The third-order valence-corrected chi connectivity index (χ3v) is 4.16. The molecule has 0 aliphatic rings. The third kappa shape index (κ3) is 3.50. The van der Waals surface area contributed by atoms with Crippen LogP contribution >= 0.6 is 0 Å². The number of nitrogens with one attached hydrogen (secondary N) is 2. The van der Waals surface area contributed by atoms with E-state index < -0.39 is 0 Å². The largest absolute Gasteiger partial charge is 0.345 e. The Morgan fingerprint density at radius 1 is 1.17 bits per heavy atom. The van der Waals surface area contributed by atoms with Crippen LogP contribution < -0.4 is 5.32 Å². The second kappa shape index (κ2) is 6.91. The molecule has 2 heterocycles. The van der Waals surface area contributed by atoms with E-state index >= 15 is 0 Å². The molecule has 5 heteroatoms. The van der Waals surface area contributed by atoms with Crippen LogP contribution in [0, 0.1) is 5.92 Å². The van der Waals surface area contributed by atoms with Crippen molar-refractivity contribution in [2.24, 2.45) is 5.92 Å². The molecule has 5 nitrogen and oxygen atoms in total. The van der Waals surface area contributed by atoms with Gasteiger partial charge >= 0.3 is 0 Å². The summed E-state index contributed by atoms with van der Waals surface area (Å²) in [7, 11) is 0. The Hall–Kier alpha value is -2.56. The van der Waals surface area contributed by atoms with Crippen LogP contribution in [0.5, 0.6) is 0 Å². The zero-order chi connectivity index (χ0) is 17.1. The first kappa shape index (κ1) is 16.3. The van der Waals surface area contributed by atoms with Crippen LogP contribution in [0.2, 0.25) is 0 Å². The van der Waals surface area contributed by atoms with Gasteiger partial charge in [-0.3, -0.25) is 4.79 Å². The van der Waals surface area contributed by atoms with Crippen LogP contribution in [0.25, 0.3) is 11.0 Å². The standard InChI is InChI=1S/C19H24N4O/c1-13(2)12-17(23-10-6-7-11-23)19(24)20-14(3)18-21-15-8-4-5-9-16(15)22-18/h4-11,13-14,17H,12H2,1-3H3,(H,20,24)(H,21,22)/t14-,17-/m0/s1. The molecule has 2 atom stereocenters. The predicted octanol–water partition coefficient (Wildman–Crippen LogP) is 3.83. The zero-order valence-corrected chi connectivity index (χ0v) is 14.4. The van der Waals surface area contributed by atoms with Crippen LogP contribution in [0.3, 0.4) is 0 Å². The lowest BCUT2D eigenvalue weighted by Gasteiger charge is -2.22. The molecule has 1 amide bonds. The molecule has 0 saturated carbocycles. The van der Waals surface area contributed by atoms with Crippen molar-refractivity contribution in [3.63, 3.8) is 0 Å². The molecular weight excluding hydrogens is 300 g/mol. The second-order valence-electron chi connectivity index (χ2n) is 6.65. The lowest BCUT2D eigenvalue weighted by atomic mass is 10.0. The van der Waals surface area contributed by atoms with E-state index in [4.69, 9.17) is 0 Å². The highest BCUT2D eigenvalue weighted by molar-refractivity contribution is 5.81. The van der Waals surface area contributed by atoms with E-state index in [1.165, 1.54) is 0 Å². The fraction of sp³-hybridized carbons (Fsp3) is 0.368. The van der Waals surface area contributed by atoms with Crippen molar-refractivity contribution in [1.82, 2.24) is 19.9 Å². The van der Waals surface area contributed by atoms with Gasteiger partial charge in [-0.2, -0.15) is 0 Å². The average Bonchev–Trinajstić information content (AvgIpc) is 3.21. The maximum atomic E-state index is 12.8. The average molecular weight is 324 g/mol. The molecule has 3 aromatic rings. The van der Waals surface area contributed by atoms with Gasteiger partial charge in [-0.25, -0.2) is 4.98 Å². The third-order valence-electron chi connectivity index (χ3n) is 4.16. The van der Waals surface area contributed by atoms with Gasteiger partial charge in [-0.05, 0) is 43.5 Å². The Morgan fingerprint density at radius 2 is 1.88 bits per heavy atom. The first-order chi connectivity index (χ1) is 11.5. The van der Waals surface area contributed by atoms with Crippen LogP contribution in [0.1, 0.15) is 45.1 Å². The van der Waals surface area contributed by atoms with Crippen LogP contribution in [-0.2, 0) is 4.79 Å². The number of hydrogen-bond acceptors (Lipinski definition) is 2. The molecule has 2 N–H and O–H groups in total. The summed E-state index contributed by atoms with van der Waals surface area (Å²) in [6.07, 6.45) is 4.68. The maximum absolute atomic E-state index is 12.8. The highest BCUT2D eigenvalue weighted by Gasteiger charge is 2.23. The predicted molar refractivity (Wildman–Crippen MR) is 95.6 cm³/mol. The zero-order valence-electron chi connectivity index (χ0n) is 14.4. The van der Waals surface area contributed by atoms with E-state index in [2.05, 4.69) is 29.1 Å². The SMILES string of the molecule is CC(C)C[C@@H](C(=O)N[C@@H](C)c1nc2ccccc2[nH]1)n1cccc1. The minimum absolute atomic E-state index is 0.0212. The van der Waals surface area contributed by atoms with Gasteiger partial charge in [0.1, 0.15) is 11.9 Å². The summed E-state index contributed by atoms with van der Waals surface area (Å²) in [6.45, 7) is 6.22. The number of rotatable bonds is 6. The van der Waals surface area contributed by atoms with E-state index in [0.29, 0.717) is 5.92 Å². The molecule has 0 unspecified atom stereocenters. The van der Waals surface area contributed by atoms with E-state index in [0.717, 1.165) is 23.3 Å². The number of para-hydroxylation sites is 2. The summed E-state index contributed by atoms with van der Waals surface area (Å²) in [6, 6.07) is 11.4. The summed E-state index contributed by atoms with van der Waals surface area (Å²) >= 11 is 0. The number of aromatic nitrogens is 3. The Morgan fingerprint density at radius 3 is 2.54 bits per heavy atom. The number of carbonyl (C=O) groups is 1. The molecule has 0 spiro atoms. The van der Waals surface area contributed by atoms with Gasteiger partial charge in [0.25, 0.3) is 0 Å². The van der Waals surface area contributed by atoms with E-state index in [-0.39, 0.29) is 18.0 Å². The van der Waals surface area contributed by atoms with Gasteiger partial charge in [-0.15, -0.1) is 0 Å².